The van der Waals surface area contributed by atoms with Crippen molar-refractivity contribution in [3.8, 4) is 0 Å². The van der Waals surface area contributed by atoms with E-state index >= 15 is 0 Å². The SMILES string of the molecule is O=PO.[AlH].[Fe].[H-].[Na+]. The Bertz CT molecular complexity index is 25.2. The van der Waals surface area contributed by atoms with Gasteiger partial charge in [0, 0.05) is 17.1 Å². The summed E-state index contributed by atoms with van der Waals surface area (Å²) in [6.45, 7) is 0. The number of rotatable bonds is 0. The minimum absolute atomic E-state index is 0. The van der Waals surface area contributed by atoms with Crippen LogP contribution in [0.1, 0.15) is 1.43 Å². The smallest absolute Gasteiger partial charge is 1.00 e. The first-order chi connectivity index (χ1) is 1.41. The molecule has 0 aromatic heterocycles. The van der Waals surface area contributed by atoms with Crippen LogP contribution in [-0.2, 0) is 21.6 Å². The van der Waals surface area contributed by atoms with Crippen molar-refractivity contribution in [3.63, 3.8) is 0 Å². The predicted molar refractivity (Wildman–Crippen MR) is 18.1 cm³/mol. The van der Waals surface area contributed by atoms with E-state index in [0.717, 1.165) is 0 Å². The first-order valence-electron chi connectivity index (χ1n) is 0.383. The minimum atomic E-state index is -0.833. The van der Waals surface area contributed by atoms with Gasteiger partial charge in [0.2, 0.25) is 0 Å². The van der Waals surface area contributed by atoms with E-state index in [9.17, 15) is 0 Å². The van der Waals surface area contributed by atoms with Crippen molar-refractivity contribution >= 4 is 26.0 Å². The quantitative estimate of drug-likeness (QED) is 0.306. The van der Waals surface area contributed by atoms with Gasteiger partial charge in [0.25, 0.3) is 0 Å². The maximum atomic E-state index is 8.46. The Hall–Kier alpha value is 2.11. The second-order valence-corrected chi connectivity index (χ2v) is 0.245. The first-order valence-corrected chi connectivity index (χ1v) is 1.15. The largest absolute Gasteiger partial charge is 1.00 e. The van der Waals surface area contributed by atoms with Gasteiger partial charge in [0.15, 0.2) is 0 Å². The molecule has 0 atom stereocenters. The summed E-state index contributed by atoms with van der Waals surface area (Å²) in [4.78, 5) is 6.99. The van der Waals surface area contributed by atoms with Crippen LogP contribution in [0, 0.1) is 0 Å². The van der Waals surface area contributed by atoms with Crippen molar-refractivity contribution in [2.24, 2.45) is 0 Å². The molecule has 6 heavy (non-hydrogen) atoms. The number of hydrogen-bond acceptors (Lipinski definition) is 1. The maximum absolute atomic E-state index is 8.46. The Morgan fingerprint density at radius 2 is 1.67 bits per heavy atom. The van der Waals surface area contributed by atoms with E-state index in [4.69, 9.17) is 9.46 Å². The molecule has 0 rings (SSSR count). The number of hydrogen-bond donors (Lipinski definition) is 1. The average molecular weight is 172 g/mol. The van der Waals surface area contributed by atoms with Gasteiger partial charge in [-0.1, -0.05) is 0 Å². The van der Waals surface area contributed by atoms with Crippen LogP contribution >= 0.6 is 8.69 Å². The zero-order chi connectivity index (χ0) is 2.71. The molecule has 0 saturated heterocycles. The molecule has 6 heteroatoms. The van der Waals surface area contributed by atoms with Crippen molar-refractivity contribution in [1.29, 1.82) is 0 Å². The molecule has 0 aromatic carbocycles. The maximum Gasteiger partial charge on any atom is 1.00 e. The summed E-state index contributed by atoms with van der Waals surface area (Å²) in [5, 5.41) is 0. The molecule has 0 amide bonds. The summed E-state index contributed by atoms with van der Waals surface area (Å²) < 4.78 is 8.46. The monoisotopic (exact) mass is 172 g/mol. The Morgan fingerprint density at radius 1 is 1.67 bits per heavy atom. The van der Waals surface area contributed by atoms with E-state index in [1.807, 2.05) is 0 Å². The predicted octanol–water partition coefficient (Wildman–Crippen LogP) is -3.35. The standard InChI is InChI=1S/Al.Fe.Na.HO2P.2H/c;;;1-3-2;;/h;;;(H,1,2);;/q;;+1;;;-1. The zero-order valence-corrected chi connectivity index (χ0v) is 8.78. The van der Waals surface area contributed by atoms with Crippen LogP contribution in [0.15, 0.2) is 0 Å². The van der Waals surface area contributed by atoms with E-state index in [0.29, 0.717) is 0 Å². The molecule has 0 aliphatic rings. The van der Waals surface area contributed by atoms with Gasteiger partial charge in [-0.15, -0.1) is 0 Å². The van der Waals surface area contributed by atoms with Crippen LogP contribution in [0.4, 0.5) is 0 Å². The third kappa shape index (κ3) is 35.8. The molecule has 2 nitrogen and oxygen atoms in total. The first kappa shape index (κ1) is 24.3. The fourth-order valence-corrected chi connectivity index (χ4v) is 0. The van der Waals surface area contributed by atoms with Crippen molar-refractivity contribution in [2.45, 2.75) is 0 Å². The van der Waals surface area contributed by atoms with E-state index in [1.54, 1.807) is 0 Å². The molecule has 0 aromatic rings. The van der Waals surface area contributed by atoms with Crippen molar-refractivity contribution in [1.82, 2.24) is 0 Å². The molecule has 0 unspecified atom stereocenters. The summed E-state index contributed by atoms with van der Waals surface area (Å²) >= 11 is 0. The molecule has 0 heterocycles. The van der Waals surface area contributed by atoms with Crippen LogP contribution in [0.3, 0.4) is 0 Å². The van der Waals surface area contributed by atoms with E-state index in [1.165, 1.54) is 0 Å². The fourth-order valence-electron chi connectivity index (χ4n) is 0. The molecular weight excluding hydrogens is 169 g/mol. The second-order valence-electron chi connectivity index (χ2n) is 0.0816. The van der Waals surface area contributed by atoms with Gasteiger partial charge in [-0.05, 0) is 0 Å². The normalized spacial score (nSPS) is 3.50. The van der Waals surface area contributed by atoms with Crippen LogP contribution in [0.5, 0.6) is 0 Å². The summed E-state index contributed by atoms with van der Waals surface area (Å²) in [6, 6.07) is 0. The van der Waals surface area contributed by atoms with Crippen LogP contribution in [0.2, 0.25) is 0 Å². The minimum Gasteiger partial charge on any atom is -1.00 e. The molecule has 0 fully saturated rings. The van der Waals surface area contributed by atoms with Crippen molar-refractivity contribution in [3.05, 3.63) is 0 Å². The van der Waals surface area contributed by atoms with Crippen molar-refractivity contribution < 1.29 is 57.5 Å². The molecule has 32 valence electrons. The Labute approximate surface area is 82.7 Å². The van der Waals surface area contributed by atoms with Gasteiger partial charge in [-0.2, -0.15) is 0 Å². The van der Waals surface area contributed by atoms with E-state index in [-0.39, 0.29) is 65.4 Å². The summed E-state index contributed by atoms with van der Waals surface area (Å²) in [6.07, 6.45) is 0. The molecule has 2 radical (unpaired) electrons. The van der Waals surface area contributed by atoms with Crippen LogP contribution in [-0.4, -0.2) is 22.3 Å². The van der Waals surface area contributed by atoms with Crippen LogP contribution in [0.25, 0.3) is 0 Å². The molecule has 1 N–H and O–H groups in total. The Morgan fingerprint density at radius 3 is 1.67 bits per heavy atom. The van der Waals surface area contributed by atoms with Gasteiger partial charge < -0.3 is 6.32 Å². The van der Waals surface area contributed by atoms with Gasteiger partial charge in [-0.3, -0.25) is 0 Å². The van der Waals surface area contributed by atoms with Gasteiger partial charge in [0.05, 0.1) is 17.4 Å². The fraction of sp³-hybridized carbons (Fsp3) is 0. The molecule has 0 spiro atoms. The topological polar surface area (TPSA) is 37.3 Å². The third-order valence-corrected chi connectivity index (χ3v) is 0. The zero-order valence-electron chi connectivity index (χ0n) is 4.36. The Kier molecular flexibility index (Phi) is 111. The van der Waals surface area contributed by atoms with Crippen LogP contribution < -0.4 is 29.6 Å². The summed E-state index contributed by atoms with van der Waals surface area (Å²) in [7, 11) is -0.833. The van der Waals surface area contributed by atoms with Gasteiger partial charge >= 0.3 is 38.2 Å². The third-order valence-electron chi connectivity index (χ3n) is 0. The molecular formula is H3AlFeNaO2P. The molecule has 0 bridgehead atoms. The van der Waals surface area contributed by atoms with Gasteiger partial charge in [0.1, 0.15) is 0 Å². The summed E-state index contributed by atoms with van der Waals surface area (Å²) in [5.41, 5.74) is 0. The molecule has 0 saturated carbocycles. The second kappa shape index (κ2) is 27.4. The van der Waals surface area contributed by atoms with E-state index < -0.39 is 8.69 Å². The van der Waals surface area contributed by atoms with Crippen molar-refractivity contribution in [2.75, 3.05) is 0 Å². The van der Waals surface area contributed by atoms with Gasteiger partial charge in [-0.25, -0.2) is 4.57 Å². The Balaban J connectivity index is -0.00000000333. The molecule has 0 aliphatic carbocycles. The van der Waals surface area contributed by atoms with E-state index in [2.05, 4.69) is 0 Å². The summed E-state index contributed by atoms with van der Waals surface area (Å²) in [5.74, 6) is 0. The average Bonchev–Trinajstić information content (AvgIpc) is 0.918. The molecule has 0 aliphatic heterocycles.